The molecule has 0 aliphatic heterocycles. The Morgan fingerprint density at radius 3 is 2.87 bits per heavy atom. The van der Waals surface area contributed by atoms with Gasteiger partial charge in [-0.05, 0) is 47.2 Å². The third-order valence-corrected chi connectivity index (χ3v) is 3.90. The Bertz CT molecular complexity index is 380. The average Bonchev–Trinajstić information content (AvgIpc) is 2.52. The maximum atomic E-state index is 13.9. The van der Waals surface area contributed by atoms with Gasteiger partial charge in [0.2, 0.25) is 0 Å². The molecule has 0 amide bonds. The van der Waals surface area contributed by atoms with Crippen LogP contribution in [-0.2, 0) is 5.54 Å². The van der Waals surface area contributed by atoms with E-state index in [1.165, 1.54) is 0 Å². The zero-order chi connectivity index (χ0) is 11.1. The van der Waals surface area contributed by atoms with Crippen LogP contribution in [0.15, 0.2) is 22.7 Å². The molecule has 1 aromatic rings. The zero-order valence-electron chi connectivity index (χ0n) is 8.76. The smallest absolute Gasteiger partial charge is 0.142 e. The molecule has 1 saturated carbocycles. The molecule has 1 aliphatic carbocycles. The van der Waals surface area contributed by atoms with Crippen molar-refractivity contribution in [3.63, 3.8) is 0 Å². The summed E-state index contributed by atoms with van der Waals surface area (Å²) in [5.74, 6) is 0.391. The first kappa shape index (κ1) is 11.1. The van der Waals surface area contributed by atoms with E-state index in [9.17, 15) is 4.39 Å². The summed E-state index contributed by atoms with van der Waals surface area (Å²) >= 11 is 3.20. The van der Waals surface area contributed by atoms with Crippen LogP contribution in [0.4, 0.5) is 4.39 Å². The van der Waals surface area contributed by atoms with Gasteiger partial charge in [-0.1, -0.05) is 19.1 Å². The lowest BCUT2D eigenvalue weighted by Gasteiger charge is -2.25. The lowest BCUT2D eigenvalue weighted by Crippen LogP contribution is -2.34. The van der Waals surface area contributed by atoms with Crippen LogP contribution in [0.5, 0.6) is 0 Å². The van der Waals surface area contributed by atoms with Gasteiger partial charge < -0.3 is 5.73 Å². The van der Waals surface area contributed by atoms with Crippen LogP contribution in [0.1, 0.15) is 31.7 Å². The first-order chi connectivity index (χ1) is 7.03. The lowest BCUT2D eigenvalue weighted by molar-refractivity contribution is 0.416. The summed E-state index contributed by atoms with van der Waals surface area (Å²) in [6.45, 7) is 2.17. The highest BCUT2D eigenvalue weighted by Crippen LogP contribution is 2.41. The fourth-order valence-corrected chi connectivity index (χ4v) is 2.83. The number of rotatable bonds is 1. The molecule has 1 nitrogen and oxygen atoms in total. The van der Waals surface area contributed by atoms with E-state index < -0.39 is 5.54 Å². The Morgan fingerprint density at radius 1 is 1.53 bits per heavy atom. The van der Waals surface area contributed by atoms with Gasteiger partial charge in [-0.2, -0.15) is 0 Å². The van der Waals surface area contributed by atoms with Crippen molar-refractivity contribution in [1.29, 1.82) is 0 Å². The molecular weight excluding hydrogens is 257 g/mol. The van der Waals surface area contributed by atoms with Gasteiger partial charge in [0.25, 0.3) is 0 Å². The summed E-state index contributed by atoms with van der Waals surface area (Å²) in [4.78, 5) is 0. The standard InChI is InChI=1S/C12H15BrFN/c1-8-5-6-12(15,7-8)9-3-2-4-10(13)11(9)14/h2-4,8H,5-7,15H2,1H3. The van der Waals surface area contributed by atoms with Crippen LogP contribution in [0.2, 0.25) is 0 Å². The van der Waals surface area contributed by atoms with E-state index >= 15 is 0 Å². The van der Waals surface area contributed by atoms with Crippen LogP contribution in [0.25, 0.3) is 0 Å². The largest absolute Gasteiger partial charge is 0.321 e. The fraction of sp³-hybridized carbons (Fsp3) is 0.500. The molecule has 0 spiro atoms. The molecule has 82 valence electrons. The van der Waals surface area contributed by atoms with E-state index in [4.69, 9.17) is 5.73 Å². The van der Waals surface area contributed by atoms with Crippen LogP contribution in [0, 0.1) is 11.7 Å². The van der Waals surface area contributed by atoms with Crippen molar-refractivity contribution >= 4 is 15.9 Å². The average molecular weight is 272 g/mol. The summed E-state index contributed by atoms with van der Waals surface area (Å²) in [6, 6.07) is 5.36. The number of benzene rings is 1. The van der Waals surface area contributed by atoms with Crippen molar-refractivity contribution in [3.05, 3.63) is 34.1 Å². The molecule has 0 aromatic heterocycles. The van der Waals surface area contributed by atoms with Gasteiger partial charge in [-0.15, -0.1) is 0 Å². The molecule has 1 fully saturated rings. The second kappa shape index (κ2) is 3.87. The van der Waals surface area contributed by atoms with E-state index in [1.54, 1.807) is 12.1 Å². The molecule has 0 saturated heterocycles. The summed E-state index contributed by atoms with van der Waals surface area (Å²) in [6.07, 6.45) is 2.84. The Balaban J connectivity index is 2.41. The van der Waals surface area contributed by atoms with Gasteiger partial charge >= 0.3 is 0 Å². The topological polar surface area (TPSA) is 26.0 Å². The second-order valence-corrected chi connectivity index (χ2v) is 5.46. The highest BCUT2D eigenvalue weighted by Gasteiger charge is 2.37. The molecule has 0 radical (unpaired) electrons. The van der Waals surface area contributed by atoms with Crippen LogP contribution >= 0.6 is 15.9 Å². The Hall–Kier alpha value is -0.410. The summed E-state index contributed by atoms with van der Waals surface area (Å²) in [5, 5.41) is 0. The van der Waals surface area contributed by atoms with Gasteiger partial charge in [-0.25, -0.2) is 4.39 Å². The Labute approximate surface area is 98.0 Å². The fourth-order valence-electron chi connectivity index (χ4n) is 2.46. The minimum absolute atomic E-state index is 0.200. The first-order valence-electron chi connectivity index (χ1n) is 5.26. The molecule has 1 aliphatic rings. The lowest BCUT2D eigenvalue weighted by atomic mass is 9.88. The van der Waals surface area contributed by atoms with Crippen molar-refractivity contribution in [2.24, 2.45) is 11.7 Å². The minimum atomic E-state index is -0.465. The van der Waals surface area contributed by atoms with Crippen LogP contribution in [0.3, 0.4) is 0 Å². The normalized spacial score (nSPS) is 30.8. The van der Waals surface area contributed by atoms with Crippen molar-refractivity contribution in [2.75, 3.05) is 0 Å². The maximum Gasteiger partial charge on any atom is 0.142 e. The number of halogens is 2. The Kier molecular flexibility index (Phi) is 2.86. The van der Waals surface area contributed by atoms with E-state index in [0.717, 1.165) is 19.3 Å². The monoisotopic (exact) mass is 271 g/mol. The van der Waals surface area contributed by atoms with Crippen molar-refractivity contribution in [2.45, 2.75) is 31.7 Å². The molecule has 0 heterocycles. The van der Waals surface area contributed by atoms with Gasteiger partial charge in [0.05, 0.1) is 4.47 Å². The quantitative estimate of drug-likeness (QED) is 0.831. The first-order valence-corrected chi connectivity index (χ1v) is 6.05. The van der Waals surface area contributed by atoms with Crippen LogP contribution < -0.4 is 5.73 Å². The minimum Gasteiger partial charge on any atom is -0.321 e. The highest BCUT2D eigenvalue weighted by atomic mass is 79.9. The SMILES string of the molecule is CC1CCC(N)(c2cccc(Br)c2F)C1. The molecule has 2 rings (SSSR count). The predicted octanol–water partition coefficient (Wildman–Crippen LogP) is 3.56. The van der Waals surface area contributed by atoms with Gasteiger partial charge in [0.1, 0.15) is 5.82 Å². The van der Waals surface area contributed by atoms with Crippen LogP contribution in [-0.4, -0.2) is 0 Å². The third-order valence-electron chi connectivity index (χ3n) is 3.28. The molecule has 2 unspecified atom stereocenters. The van der Waals surface area contributed by atoms with Crippen molar-refractivity contribution < 1.29 is 4.39 Å². The van der Waals surface area contributed by atoms with Crippen molar-refractivity contribution in [1.82, 2.24) is 0 Å². The molecule has 0 bridgehead atoms. The zero-order valence-corrected chi connectivity index (χ0v) is 10.3. The molecule has 3 heteroatoms. The van der Waals surface area contributed by atoms with Crippen molar-refractivity contribution in [3.8, 4) is 0 Å². The third kappa shape index (κ3) is 1.95. The molecule has 15 heavy (non-hydrogen) atoms. The molecule has 2 N–H and O–H groups in total. The highest BCUT2D eigenvalue weighted by molar-refractivity contribution is 9.10. The van der Waals surface area contributed by atoms with E-state index in [0.29, 0.717) is 16.0 Å². The number of hydrogen-bond acceptors (Lipinski definition) is 1. The number of hydrogen-bond donors (Lipinski definition) is 1. The summed E-state index contributed by atoms with van der Waals surface area (Å²) in [5.41, 5.74) is 6.47. The second-order valence-electron chi connectivity index (χ2n) is 4.61. The molecule has 1 aromatic carbocycles. The summed E-state index contributed by atoms with van der Waals surface area (Å²) in [7, 11) is 0. The van der Waals surface area contributed by atoms with Gasteiger partial charge in [0, 0.05) is 11.1 Å². The van der Waals surface area contributed by atoms with Gasteiger partial charge in [0.15, 0.2) is 0 Å². The number of nitrogens with two attached hydrogens (primary N) is 1. The summed E-state index contributed by atoms with van der Waals surface area (Å²) < 4.78 is 14.4. The van der Waals surface area contributed by atoms with Gasteiger partial charge in [-0.3, -0.25) is 0 Å². The molecule has 2 atom stereocenters. The Morgan fingerprint density at radius 2 is 2.27 bits per heavy atom. The van der Waals surface area contributed by atoms with E-state index in [1.807, 2.05) is 6.07 Å². The predicted molar refractivity (Wildman–Crippen MR) is 63.0 cm³/mol. The maximum absolute atomic E-state index is 13.9. The van der Waals surface area contributed by atoms with E-state index in [2.05, 4.69) is 22.9 Å². The van der Waals surface area contributed by atoms with E-state index in [-0.39, 0.29) is 5.82 Å². The molecular formula is C12H15BrFN.